The summed E-state index contributed by atoms with van der Waals surface area (Å²) >= 11 is 0. The topological polar surface area (TPSA) is 36.1 Å². The zero-order chi connectivity index (χ0) is 8.69. The molecule has 3 heteroatoms. The van der Waals surface area contributed by atoms with Crippen molar-refractivity contribution in [1.82, 2.24) is 16.0 Å². The lowest BCUT2D eigenvalue weighted by Crippen LogP contribution is -2.45. The molecule has 3 N–H and O–H groups in total. The van der Waals surface area contributed by atoms with Crippen LogP contribution in [0.25, 0.3) is 0 Å². The largest absolute Gasteiger partial charge is 0.314 e. The van der Waals surface area contributed by atoms with Gasteiger partial charge in [0.1, 0.15) is 6.17 Å². The number of rotatable bonds is 6. The van der Waals surface area contributed by atoms with Gasteiger partial charge in [0, 0.05) is 6.04 Å². The lowest BCUT2D eigenvalue weighted by molar-refractivity contribution is 0.449. The summed E-state index contributed by atoms with van der Waals surface area (Å²) < 4.78 is 0. The number of hydrogen-bond donors (Lipinski definition) is 3. The SMILES string of the molecule is CCCC(NC)[C](NC)NC. The molecular formula is C8H20N3. The van der Waals surface area contributed by atoms with Gasteiger partial charge < -0.3 is 5.32 Å². The molecule has 1 radical (unpaired) electrons. The maximum atomic E-state index is 3.24. The van der Waals surface area contributed by atoms with Crippen molar-refractivity contribution >= 4 is 0 Å². The minimum Gasteiger partial charge on any atom is -0.314 e. The predicted molar refractivity (Wildman–Crippen MR) is 49.1 cm³/mol. The van der Waals surface area contributed by atoms with Crippen molar-refractivity contribution < 1.29 is 0 Å². The summed E-state index contributed by atoms with van der Waals surface area (Å²) in [5, 5.41) is 9.50. The van der Waals surface area contributed by atoms with E-state index in [1.807, 2.05) is 21.1 Å². The van der Waals surface area contributed by atoms with Crippen LogP contribution in [0.1, 0.15) is 19.8 Å². The number of likely N-dealkylation sites (N-methyl/N-ethyl adjacent to an activating group) is 3. The molecule has 1 atom stereocenters. The molecule has 0 aromatic carbocycles. The Kier molecular flexibility index (Phi) is 6.51. The molecule has 0 aliphatic rings. The van der Waals surface area contributed by atoms with Crippen LogP contribution in [0.15, 0.2) is 0 Å². The molecule has 67 valence electrons. The maximum absolute atomic E-state index is 3.24. The Bertz CT molecular complexity index is 81.4. The Morgan fingerprint density at radius 3 is 2.00 bits per heavy atom. The fraction of sp³-hybridized carbons (Fsp3) is 0.875. The molecule has 1 unspecified atom stereocenters. The van der Waals surface area contributed by atoms with Gasteiger partial charge in [-0.2, -0.15) is 0 Å². The molecule has 0 heterocycles. The fourth-order valence-corrected chi connectivity index (χ4v) is 1.20. The molecule has 0 aliphatic heterocycles. The molecule has 0 aliphatic carbocycles. The van der Waals surface area contributed by atoms with Gasteiger partial charge in [0.05, 0.1) is 0 Å². The zero-order valence-corrected chi connectivity index (χ0v) is 7.99. The number of hydrogen-bond acceptors (Lipinski definition) is 3. The summed E-state index contributed by atoms with van der Waals surface area (Å²) in [4.78, 5) is 0. The standard InChI is InChI=1S/C8H20N3/c1-5-6-7(9-2)8(10-3)11-4/h7,9-11H,5-6H2,1-4H3. The highest BCUT2D eigenvalue weighted by Crippen LogP contribution is 2.04. The van der Waals surface area contributed by atoms with E-state index in [2.05, 4.69) is 22.9 Å². The van der Waals surface area contributed by atoms with Gasteiger partial charge in [-0.3, -0.25) is 10.6 Å². The van der Waals surface area contributed by atoms with Crippen molar-refractivity contribution in [3.63, 3.8) is 0 Å². The quantitative estimate of drug-likeness (QED) is 0.520. The summed E-state index contributed by atoms with van der Waals surface area (Å²) in [6, 6.07) is 0.440. The average molecular weight is 158 g/mol. The third-order valence-electron chi connectivity index (χ3n) is 1.81. The molecule has 0 saturated heterocycles. The molecule has 3 nitrogen and oxygen atoms in total. The second kappa shape index (κ2) is 6.58. The minimum atomic E-state index is 0.440. The maximum Gasteiger partial charge on any atom is 0.118 e. The highest BCUT2D eigenvalue weighted by atomic mass is 15.1. The molecule has 0 fully saturated rings. The van der Waals surface area contributed by atoms with Gasteiger partial charge in [-0.1, -0.05) is 13.3 Å². The molecule has 11 heavy (non-hydrogen) atoms. The molecule has 0 amide bonds. The van der Waals surface area contributed by atoms with Crippen LogP contribution in [-0.4, -0.2) is 27.2 Å². The Labute approximate surface area is 69.9 Å². The zero-order valence-electron chi connectivity index (χ0n) is 7.99. The van der Waals surface area contributed by atoms with Gasteiger partial charge >= 0.3 is 0 Å². The molecule has 0 aromatic rings. The summed E-state index contributed by atoms with van der Waals surface area (Å²) in [6.45, 7) is 2.19. The first-order chi connectivity index (χ1) is 5.29. The monoisotopic (exact) mass is 158 g/mol. The predicted octanol–water partition coefficient (Wildman–Crippen LogP) is 0.303. The van der Waals surface area contributed by atoms with Gasteiger partial charge in [-0.25, -0.2) is 0 Å². The molecule has 0 bridgehead atoms. The van der Waals surface area contributed by atoms with Crippen LogP contribution < -0.4 is 16.0 Å². The molecule has 0 spiro atoms. The molecule has 0 rings (SSSR count). The molecule has 0 saturated carbocycles. The van der Waals surface area contributed by atoms with Crippen molar-refractivity contribution in [1.29, 1.82) is 0 Å². The third kappa shape index (κ3) is 3.70. The van der Waals surface area contributed by atoms with Gasteiger partial charge in [-0.05, 0) is 27.6 Å². The van der Waals surface area contributed by atoms with Gasteiger partial charge in [-0.15, -0.1) is 0 Å². The van der Waals surface area contributed by atoms with Crippen molar-refractivity contribution in [2.75, 3.05) is 21.1 Å². The van der Waals surface area contributed by atoms with Crippen LogP contribution in [-0.2, 0) is 0 Å². The van der Waals surface area contributed by atoms with E-state index < -0.39 is 0 Å². The van der Waals surface area contributed by atoms with Crippen molar-refractivity contribution in [3.05, 3.63) is 6.17 Å². The van der Waals surface area contributed by atoms with Crippen LogP contribution in [0.5, 0.6) is 0 Å². The van der Waals surface area contributed by atoms with E-state index in [0.717, 1.165) is 12.6 Å². The van der Waals surface area contributed by atoms with E-state index >= 15 is 0 Å². The fourth-order valence-electron chi connectivity index (χ4n) is 1.20. The van der Waals surface area contributed by atoms with E-state index in [1.165, 1.54) is 6.42 Å². The van der Waals surface area contributed by atoms with Crippen molar-refractivity contribution in [3.8, 4) is 0 Å². The normalized spacial score (nSPS) is 13.9. The highest BCUT2D eigenvalue weighted by molar-refractivity contribution is 4.93. The minimum absolute atomic E-state index is 0.440. The van der Waals surface area contributed by atoms with E-state index in [0.29, 0.717) is 6.04 Å². The van der Waals surface area contributed by atoms with Gasteiger partial charge in [0.25, 0.3) is 0 Å². The summed E-state index contributed by atoms with van der Waals surface area (Å²) in [5.74, 6) is 0. The van der Waals surface area contributed by atoms with Gasteiger partial charge in [0.15, 0.2) is 0 Å². The summed E-state index contributed by atoms with van der Waals surface area (Å²) in [5.41, 5.74) is 0. The van der Waals surface area contributed by atoms with Crippen LogP contribution in [0.3, 0.4) is 0 Å². The van der Waals surface area contributed by atoms with E-state index in [1.54, 1.807) is 0 Å². The first kappa shape index (κ1) is 10.9. The second-order valence-electron chi connectivity index (χ2n) is 2.54. The number of nitrogens with one attached hydrogen (secondary N) is 3. The van der Waals surface area contributed by atoms with Crippen LogP contribution in [0, 0.1) is 6.17 Å². The van der Waals surface area contributed by atoms with Crippen LogP contribution >= 0.6 is 0 Å². The second-order valence-corrected chi connectivity index (χ2v) is 2.54. The smallest absolute Gasteiger partial charge is 0.118 e. The third-order valence-corrected chi connectivity index (χ3v) is 1.81. The highest BCUT2D eigenvalue weighted by Gasteiger charge is 2.15. The summed E-state index contributed by atoms with van der Waals surface area (Å²) in [6.07, 6.45) is 3.51. The Morgan fingerprint density at radius 2 is 1.73 bits per heavy atom. The molecule has 0 aromatic heterocycles. The van der Waals surface area contributed by atoms with Crippen molar-refractivity contribution in [2.45, 2.75) is 25.8 Å². The van der Waals surface area contributed by atoms with E-state index in [-0.39, 0.29) is 0 Å². The Morgan fingerprint density at radius 1 is 1.18 bits per heavy atom. The van der Waals surface area contributed by atoms with E-state index in [4.69, 9.17) is 0 Å². The van der Waals surface area contributed by atoms with Crippen LogP contribution in [0.2, 0.25) is 0 Å². The first-order valence-electron chi connectivity index (χ1n) is 4.19. The lowest BCUT2D eigenvalue weighted by atomic mass is 10.1. The first-order valence-corrected chi connectivity index (χ1v) is 4.19. The van der Waals surface area contributed by atoms with Crippen molar-refractivity contribution in [2.24, 2.45) is 0 Å². The molecular weight excluding hydrogens is 138 g/mol. The van der Waals surface area contributed by atoms with Gasteiger partial charge in [0.2, 0.25) is 0 Å². The summed E-state index contributed by atoms with van der Waals surface area (Å²) in [7, 11) is 5.85. The lowest BCUT2D eigenvalue weighted by Gasteiger charge is -2.24. The van der Waals surface area contributed by atoms with Crippen LogP contribution in [0.4, 0.5) is 0 Å². The Hall–Kier alpha value is -0.120. The Balaban J connectivity index is 3.76. The van der Waals surface area contributed by atoms with E-state index in [9.17, 15) is 0 Å². The average Bonchev–Trinajstić information content (AvgIpc) is 2.05.